The highest BCUT2D eigenvalue weighted by atomic mass is 16.5. The first-order valence-corrected chi connectivity index (χ1v) is 7.66. The van der Waals surface area contributed by atoms with Crippen LogP contribution in [0.2, 0.25) is 0 Å². The highest BCUT2D eigenvalue weighted by Gasteiger charge is 2.11. The molecule has 0 aliphatic heterocycles. The molecule has 0 unspecified atom stereocenters. The third kappa shape index (κ3) is 3.50. The van der Waals surface area contributed by atoms with E-state index in [0.29, 0.717) is 28.2 Å². The van der Waals surface area contributed by atoms with E-state index in [4.69, 9.17) is 18.6 Å². The maximum absolute atomic E-state index is 12.4. The summed E-state index contributed by atoms with van der Waals surface area (Å²) in [6.07, 6.45) is 3.61. The molecule has 0 saturated heterocycles. The molecule has 5 nitrogen and oxygen atoms in total. The number of hydrogen-bond donors (Lipinski definition) is 0. The third-order valence-electron chi connectivity index (χ3n) is 3.80. The van der Waals surface area contributed by atoms with Crippen LogP contribution in [0.3, 0.4) is 0 Å². The van der Waals surface area contributed by atoms with Gasteiger partial charge in [-0.05, 0) is 23.8 Å². The molecule has 3 rings (SSSR count). The average molecular weight is 338 g/mol. The Labute approximate surface area is 145 Å². The van der Waals surface area contributed by atoms with E-state index >= 15 is 0 Å². The lowest BCUT2D eigenvalue weighted by atomic mass is 10.1. The van der Waals surface area contributed by atoms with Crippen LogP contribution >= 0.6 is 0 Å². The van der Waals surface area contributed by atoms with Crippen molar-refractivity contribution in [1.82, 2.24) is 0 Å². The van der Waals surface area contributed by atoms with Crippen LogP contribution in [0.5, 0.6) is 17.2 Å². The number of benzene rings is 2. The molecule has 0 radical (unpaired) electrons. The quantitative estimate of drug-likeness (QED) is 0.704. The molecular weight excluding hydrogens is 320 g/mol. The molecule has 0 aliphatic rings. The van der Waals surface area contributed by atoms with E-state index in [1.807, 2.05) is 30.3 Å². The molecule has 0 saturated carbocycles. The Balaban J connectivity index is 2.02. The van der Waals surface area contributed by atoms with Crippen molar-refractivity contribution >= 4 is 23.1 Å². The van der Waals surface area contributed by atoms with Gasteiger partial charge in [-0.15, -0.1) is 0 Å². The smallest absolute Gasteiger partial charge is 0.197 e. The van der Waals surface area contributed by atoms with Crippen LogP contribution in [-0.4, -0.2) is 21.3 Å². The van der Waals surface area contributed by atoms with E-state index in [1.54, 1.807) is 32.4 Å². The van der Waals surface area contributed by atoms with E-state index in [0.717, 1.165) is 11.3 Å². The lowest BCUT2D eigenvalue weighted by Gasteiger charge is -2.08. The summed E-state index contributed by atoms with van der Waals surface area (Å²) in [5, 5.41) is 0.393. The van der Waals surface area contributed by atoms with Gasteiger partial charge in [-0.25, -0.2) is 0 Å². The summed E-state index contributed by atoms with van der Waals surface area (Å²) in [7, 11) is 4.68. The van der Waals surface area contributed by atoms with Gasteiger partial charge in [-0.1, -0.05) is 18.2 Å². The molecule has 0 spiro atoms. The Kier molecular flexibility index (Phi) is 4.75. The Hall–Kier alpha value is -3.21. The number of hydrogen-bond acceptors (Lipinski definition) is 5. The van der Waals surface area contributed by atoms with Crippen LogP contribution in [0.15, 0.2) is 51.7 Å². The Morgan fingerprint density at radius 2 is 1.56 bits per heavy atom. The summed E-state index contributed by atoms with van der Waals surface area (Å²) in [4.78, 5) is 12.4. The standard InChI is InChI=1S/C20H18O5/c1-22-14-7-4-13(5-8-14)6-9-15-10-17(21)20-18(24-3)11-16(23-2)12-19(20)25-15/h4-12H,1-3H3/b9-6+. The van der Waals surface area contributed by atoms with Gasteiger partial charge in [0.05, 0.1) is 21.3 Å². The first-order chi connectivity index (χ1) is 12.1. The van der Waals surface area contributed by atoms with Crippen molar-refractivity contribution in [3.63, 3.8) is 0 Å². The van der Waals surface area contributed by atoms with Gasteiger partial charge in [-0.3, -0.25) is 4.79 Å². The monoisotopic (exact) mass is 338 g/mol. The lowest BCUT2D eigenvalue weighted by molar-refractivity contribution is 0.396. The van der Waals surface area contributed by atoms with Gasteiger partial charge in [0, 0.05) is 18.2 Å². The zero-order chi connectivity index (χ0) is 17.8. The third-order valence-corrected chi connectivity index (χ3v) is 3.80. The second-order valence-corrected chi connectivity index (χ2v) is 5.32. The maximum Gasteiger partial charge on any atom is 0.197 e. The number of rotatable bonds is 5. The molecule has 128 valence electrons. The molecule has 1 heterocycles. The average Bonchev–Trinajstić information content (AvgIpc) is 2.65. The summed E-state index contributed by atoms with van der Waals surface area (Å²) >= 11 is 0. The maximum atomic E-state index is 12.4. The van der Waals surface area contributed by atoms with Crippen LogP contribution < -0.4 is 19.6 Å². The van der Waals surface area contributed by atoms with Crippen LogP contribution in [0.1, 0.15) is 11.3 Å². The lowest BCUT2D eigenvalue weighted by Crippen LogP contribution is -2.03. The van der Waals surface area contributed by atoms with Crippen LogP contribution in [0, 0.1) is 0 Å². The van der Waals surface area contributed by atoms with Crippen LogP contribution in [-0.2, 0) is 0 Å². The molecule has 2 aromatic carbocycles. The Morgan fingerprint density at radius 1 is 0.840 bits per heavy atom. The van der Waals surface area contributed by atoms with Crippen molar-refractivity contribution in [2.45, 2.75) is 0 Å². The number of ether oxygens (including phenoxy) is 3. The molecule has 0 fully saturated rings. The minimum Gasteiger partial charge on any atom is -0.497 e. The van der Waals surface area contributed by atoms with Gasteiger partial charge in [0.25, 0.3) is 0 Å². The van der Waals surface area contributed by atoms with Gasteiger partial charge in [0.15, 0.2) is 5.43 Å². The molecule has 0 amide bonds. The van der Waals surface area contributed by atoms with Gasteiger partial charge >= 0.3 is 0 Å². The van der Waals surface area contributed by atoms with Gasteiger partial charge < -0.3 is 18.6 Å². The first-order valence-electron chi connectivity index (χ1n) is 7.66. The zero-order valence-corrected chi connectivity index (χ0v) is 14.2. The topological polar surface area (TPSA) is 57.9 Å². The molecule has 0 aliphatic carbocycles. The predicted octanol–water partition coefficient (Wildman–Crippen LogP) is 3.99. The highest BCUT2D eigenvalue weighted by Crippen LogP contribution is 2.29. The number of fused-ring (bicyclic) bond motifs is 1. The molecule has 1 aromatic heterocycles. The van der Waals surface area contributed by atoms with Crippen molar-refractivity contribution in [2.24, 2.45) is 0 Å². The summed E-state index contributed by atoms with van der Waals surface area (Å²) < 4.78 is 21.5. The summed E-state index contributed by atoms with van der Waals surface area (Å²) in [6, 6.07) is 12.3. The second kappa shape index (κ2) is 7.13. The fourth-order valence-corrected chi connectivity index (χ4v) is 2.50. The highest BCUT2D eigenvalue weighted by molar-refractivity contribution is 5.86. The molecule has 5 heteroatoms. The van der Waals surface area contributed by atoms with E-state index in [-0.39, 0.29) is 5.43 Å². The largest absolute Gasteiger partial charge is 0.497 e. The van der Waals surface area contributed by atoms with E-state index in [1.165, 1.54) is 13.2 Å². The normalized spacial score (nSPS) is 11.0. The van der Waals surface area contributed by atoms with Gasteiger partial charge in [-0.2, -0.15) is 0 Å². The molecule has 25 heavy (non-hydrogen) atoms. The van der Waals surface area contributed by atoms with Crippen molar-refractivity contribution < 1.29 is 18.6 Å². The van der Waals surface area contributed by atoms with Crippen LogP contribution in [0.25, 0.3) is 23.1 Å². The van der Waals surface area contributed by atoms with E-state index in [2.05, 4.69) is 0 Å². The van der Waals surface area contributed by atoms with Crippen LogP contribution in [0.4, 0.5) is 0 Å². The number of methoxy groups -OCH3 is 3. The molecule has 3 aromatic rings. The fraction of sp³-hybridized carbons (Fsp3) is 0.150. The van der Waals surface area contributed by atoms with Crippen molar-refractivity contribution in [3.8, 4) is 17.2 Å². The van der Waals surface area contributed by atoms with E-state index in [9.17, 15) is 4.79 Å². The van der Waals surface area contributed by atoms with E-state index < -0.39 is 0 Å². The summed E-state index contributed by atoms with van der Waals surface area (Å²) in [6.45, 7) is 0. The molecular formula is C20H18O5. The molecule has 0 N–H and O–H groups in total. The summed E-state index contributed by atoms with van der Waals surface area (Å²) in [5.74, 6) is 2.22. The Bertz CT molecular complexity index is 968. The summed E-state index contributed by atoms with van der Waals surface area (Å²) in [5.41, 5.74) is 1.21. The second-order valence-electron chi connectivity index (χ2n) is 5.32. The first kappa shape index (κ1) is 16.6. The SMILES string of the molecule is COc1ccc(/C=C/c2cc(=O)c3c(OC)cc(OC)cc3o2)cc1. The minimum atomic E-state index is -0.171. The molecule has 0 bridgehead atoms. The van der Waals surface area contributed by atoms with Gasteiger partial charge in [0.2, 0.25) is 0 Å². The van der Waals surface area contributed by atoms with Crippen molar-refractivity contribution in [1.29, 1.82) is 0 Å². The minimum absolute atomic E-state index is 0.171. The Morgan fingerprint density at radius 3 is 2.20 bits per heavy atom. The van der Waals surface area contributed by atoms with Crippen molar-refractivity contribution in [3.05, 3.63) is 64.0 Å². The van der Waals surface area contributed by atoms with Gasteiger partial charge in [0.1, 0.15) is 34.0 Å². The molecule has 0 atom stereocenters. The fourth-order valence-electron chi connectivity index (χ4n) is 2.50. The van der Waals surface area contributed by atoms with Crippen molar-refractivity contribution in [2.75, 3.05) is 21.3 Å². The zero-order valence-electron chi connectivity index (χ0n) is 14.2. The predicted molar refractivity (Wildman–Crippen MR) is 97.5 cm³/mol.